The third-order valence-electron chi connectivity index (χ3n) is 3.84. The monoisotopic (exact) mass is 275 g/mol. The number of carbonyl (C=O) groups excluding carboxylic acids is 2. The third-order valence-corrected chi connectivity index (χ3v) is 3.84. The van der Waals surface area contributed by atoms with Crippen LogP contribution in [0, 0.1) is 5.92 Å². The molecule has 5 heteroatoms. The first kappa shape index (κ1) is 14.5. The van der Waals surface area contributed by atoms with Crippen LogP contribution in [0.2, 0.25) is 0 Å². The van der Waals surface area contributed by atoms with Crippen LogP contribution >= 0.6 is 0 Å². The van der Waals surface area contributed by atoms with Crippen LogP contribution < -0.4 is 10.6 Å². The van der Waals surface area contributed by atoms with Gasteiger partial charge in [0.15, 0.2) is 0 Å². The van der Waals surface area contributed by atoms with Gasteiger partial charge in [-0.25, -0.2) is 0 Å². The molecule has 0 bridgehead atoms. The predicted octanol–water partition coefficient (Wildman–Crippen LogP) is 1.05. The zero-order chi connectivity index (χ0) is 14.4. The summed E-state index contributed by atoms with van der Waals surface area (Å²) < 4.78 is 0. The van der Waals surface area contributed by atoms with Gasteiger partial charge in [-0.05, 0) is 37.0 Å². The highest BCUT2D eigenvalue weighted by Crippen LogP contribution is 2.25. The van der Waals surface area contributed by atoms with Crippen molar-refractivity contribution in [2.75, 3.05) is 7.05 Å². The summed E-state index contributed by atoms with van der Waals surface area (Å²) in [4.78, 5) is 27.6. The lowest BCUT2D eigenvalue weighted by atomic mass is 10.0. The Balaban J connectivity index is 1.80. The Kier molecular flexibility index (Phi) is 5.09. The lowest BCUT2D eigenvalue weighted by Crippen LogP contribution is -2.43. The Morgan fingerprint density at radius 2 is 2.05 bits per heavy atom. The van der Waals surface area contributed by atoms with E-state index in [1.165, 1.54) is 0 Å². The maximum Gasteiger partial charge on any atom is 0.224 e. The Labute approximate surface area is 119 Å². The Bertz CT molecular complexity index is 461. The predicted molar refractivity (Wildman–Crippen MR) is 75.9 cm³/mol. The summed E-state index contributed by atoms with van der Waals surface area (Å²) in [6.45, 7) is 0. The van der Waals surface area contributed by atoms with E-state index < -0.39 is 0 Å². The molecule has 0 saturated heterocycles. The maximum absolute atomic E-state index is 12.0. The number of hydrogen-bond donors (Lipinski definition) is 2. The van der Waals surface area contributed by atoms with E-state index >= 15 is 0 Å². The summed E-state index contributed by atoms with van der Waals surface area (Å²) in [5.41, 5.74) is 1.10. The van der Waals surface area contributed by atoms with E-state index in [4.69, 9.17) is 0 Å². The fourth-order valence-corrected chi connectivity index (χ4v) is 2.72. The molecule has 2 unspecified atom stereocenters. The molecule has 0 spiro atoms. The lowest BCUT2D eigenvalue weighted by Gasteiger charge is -2.19. The number of aromatic nitrogens is 1. The molecule has 1 fully saturated rings. The molecule has 1 aliphatic carbocycles. The first-order valence-corrected chi connectivity index (χ1v) is 7.10. The van der Waals surface area contributed by atoms with Crippen molar-refractivity contribution in [3.8, 4) is 0 Å². The van der Waals surface area contributed by atoms with Crippen LogP contribution in [0.4, 0.5) is 0 Å². The molecule has 1 heterocycles. The number of nitrogens with one attached hydrogen (secondary N) is 2. The smallest absolute Gasteiger partial charge is 0.224 e. The molecule has 2 amide bonds. The van der Waals surface area contributed by atoms with Crippen molar-refractivity contribution in [1.82, 2.24) is 15.6 Å². The molecule has 1 aromatic heterocycles. The van der Waals surface area contributed by atoms with Crippen LogP contribution in [0.3, 0.4) is 0 Å². The second-order valence-electron chi connectivity index (χ2n) is 5.18. The molecule has 2 atom stereocenters. The molecule has 1 aromatic rings. The van der Waals surface area contributed by atoms with Crippen LogP contribution in [-0.2, 0) is 16.0 Å². The standard InChI is InChI=1S/C15H21N3O2/c1-16-15(20)12-3-2-4-13(12)18-14(19)6-5-11-7-9-17-10-8-11/h7-10,12-13H,2-6H2,1H3,(H,16,20)(H,18,19). The number of nitrogens with zero attached hydrogens (tertiary/aromatic N) is 1. The van der Waals surface area contributed by atoms with E-state index in [0.29, 0.717) is 12.8 Å². The molecule has 5 nitrogen and oxygen atoms in total. The number of aryl methyl sites for hydroxylation is 1. The van der Waals surface area contributed by atoms with E-state index in [0.717, 1.165) is 24.8 Å². The van der Waals surface area contributed by atoms with Gasteiger partial charge in [-0.2, -0.15) is 0 Å². The summed E-state index contributed by atoms with van der Waals surface area (Å²) in [7, 11) is 1.64. The van der Waals surface area contributed by atoms with Crippen molar-refractivity contribution in [3.05, 3.63) is 30.1 Å². The average molecular weight is 275 g/mol. The maximum atomic E-state index is 12.0. The van der Waals surface area contributed by atoms with Crippen LogP contribution in [0.1, 0.15) is 31.2 Å². The van der Waals surface area contributed by atoms with Gasteiger partial charge >= 0.3 is 0 Å². The van der Waals surface area contributed by atoms with Crippen LogP contribution in [0.5, 0.6) is 0 Å². The largest absolute Gasteiger partial charge is 0.359 e. The van der Waals surface area contributed by atoms with Gasteiger partial charge in [-0.3, -0.25) is 14.6 Å². The number of amides is 2. The van der Waals surface area contributed by atoms with Gasteiger partial charge in [0.1, 0.15) is 0 Å². The minimum Gasteiger partial charge on any atom is -0.359 e. The summed E-state index contributed by atoms with van der Waals surface area (Å²) in [5.74, 6) is -0.0329. The second kappa shape index (κ2) is 7.03. The molecule has 2 rings (SSSR count). The minimum absolute atomic E-state index is 0.0140. The van der Waals surface area contributed by atoms with Crippen LogP contribution in [-0.4, -0.2) is 29.9 Å². The molecule has 1 saturated carbocycles. The van der Waals surface area contributed by atoms with Crippen molar-refractivity contribution in [2.24, 2.45) is 5.92 Å². The number of hydrogen-bond acceptors (Lipinski definition) is 3. The van der Waals surface area contributed by atoms with Crippen LogP contribution in [0.25, 0.3) is 0 Å². The first-order valence-electron chi connectivity index (χ1n) is 7.10. The minimum atomic E-state index is -0.0788. The first-order chi connectivity index (χ1) is 9.70. The molecule has 20 heavy (non-hydrogen) atoms. The molecule has 0 aromatic carbocycles. The fourth-order valence-electron chi connectivity index (χ4n) is 2.72. The summed E-state index contributed by atoms with van der Waals surface area (Å²) in [5, 5.41) is 5.67. The Morgan fingerprint density at radius 1 is 1.30 bits per heavy atom. The quantitative estimate of drug-likeness (QED) is 0.843. The summed E-state index contributed by atoms with van der Waals surface area (Å²) in [6.07, 6.45) is 7.34. The fraction of sp³-hybridized carbons (Fsp3) is 0.533. The normalized spacial score (nSPS) is 21.4. The molecule has 2 N–H and O–H groups in total. The van der Waals surface area contributed by atoms with E-state index in [2.05, 4.69) is 15.6 Å². The summed E-state index contributed by atoms with van der Waals surface area (Å²) >= 11 is 0. The number of rotatable bonds is 5. The third kappa shape index (κ3) is 3.79. The molecular weight excluding hydrogens is 254 g/mol. The zero-order valence-electron chi connectivity index (χ0n) is 11.8. The summed E-state index contributed by atoms with van der Waals surface area (Å²) in [6, 6.07) is 3.81. The van der Waals surface area contributed by atoms with E-state index in [1.54, 1.807) is 19.4 Å². The van der Waals surface area contributed by atoms with Gasteiger partial charge in [0.05, 0.1) is 5.92 Å². The van der Waals surface area contributed by atoms with Crippen LogP contribution in [0.15, 0.2) is 24.5 Å². The lowest BCUT2D eigenvalue weighted by molar-refractivity contribution is -0.126. The van der Waals surface area contributed by atoms with Crippen molar-refractivity contribution in [1.29, 1.82) is 0 Å². The average Bonchev–Trinajstić information content (AvgIpc) is 2.93. The highest BCUT2D eigenvalue weighted by atomic mass is 16.2. The highest BCUT2D eigenvalue weighted by Gasteiger charge is 2.33. The van der Waals surface area contributed by atoms with E-state index in [1.807, 2.05) is 12.1 Å². The molecule has 1 aliphatic rings. The van der Waals surface area contributed by atoms with Crippen molar-refractivity contribution < 1.29 is 9.59 Å². The Hall–Kier alpha value is -1.91. The van der Waals surface area contributed by atoms with Gasteiger partial charge in [0.2, 0.25) is 11.8 Å². The van der Waals surface area contributed by atoms with E-state index in [9.17, 15) is 9.59 Å². The van der Waals surface area contributed by atoms with Crippen molar-refractivity contribution >= 4 is 11.8 Å². The van der Waals surface area contributed by atoms with Gasteiger partial charge in [-0.15, -0.1) is 0 Å². The van der Waals surface area contributed by atoms with Crippen molar-refractivity contribution in [2.45, 2.75) is 38.1 Å². The molecular formula is C15H21N3O2. The highest BCUT2D eigenvalue weighted by molar-refractivity contribution is 5.81. The van der Waals surface area contributed by atoms with Gasteiger partial charge in [-0.1, -0.05) is 6.42 Å². The number of pyridine rings is 1. The Morgan fingerprint density at radius 3 is 2.75 bits per heavy atom. The van der Waals surface area contributed by atoms with Gasteiger partial charge in [0.25, 0.3) is 0 Å². The van der Waals surface area contributed by atoms with Gasteiger partial charge in [0, 0.05) is 31.9 Å². The SMILES string of the molecule is CNC(=O)C1CCCC1NC(=O)CCc1ccncc1. The van der Waals surface area contributed by atoms with Gasteiger partial charge < -0.3 is 10.6 Å². The van der Waals surface area contributed by atoms with E-state index in [-0.39, 0.29) is 23.8 Å². The topological polar surface area (TPSA) is 71.1 Å². The van der Waals surface area contributed by atoms with Crippen molar-refractivity contribution in [3.63, 3.8) is 0 Å². The number of carbonyl (C=O) groups is 2. The zero-order valence-corrected chi connectivity index (χ0v) is 11.8. The molecule has 108 valence electrons. The second-order valence-corrected chi connectivity index (χ2v) is 5.18. The molecule has 0 radical (unpaired) electrons. The molecule has 0 aliphatic heterocycles.